The van der Waals surface area contributed by atoms with Gasteiger partial charge in [0, 0.05) is 12.0 Å². The van der Waals surface area contributed by atoms with Crippen LogP contribution in [0.5, 0.6) is 0 Å². The lowest BCUT2D eigenvalue weighted by Gasteiger charge is -2.19. The van der Waals surface area contributed by atoms with Crippen LogP contribution in [-0.2, 0) is 10.0 Å². The highest BCUT2D eigenvalue weighted by Crippen LogP contribution is 2.20. The van der Waals surface area contributed by atoms with E-state index in [0.717, 1.165) is 11.1 Å². The molecule has 24 heavy (non-hydrogen) atoms. The smallest absolute Gasteiger partial charge is 0.233 e. The molecule has 0 bridgehead atoms. The summed E-state index contributed by atoms with van der Waals surface area (Å²) in [5.74, 6) is -0.0777. The molecule has 0 saturated heterocycles. The Labute approximate surface area is 143 Å². The highest BCUT2D eigenvalue weighted by molar-refractivity contribution is 7.92. The molecular formula is C19H23NO3S. The summed E-state index contributed by atoms with van der Waals surface area (Å²) in [4.78, 5) is 0. The first-order valence-corrected chi connectivity index (χ1v) is 9.47. The van der Waals surface area contributed by atoms with Gasteiger partial charge in [-0.15, -0.1) is 0 Å². The minimum atomic E-state index is -3.53. The van der Waals surface area contributed by atoms with E-state index in [9.17, 15) is 13.5 Å². The molecule has 0 spiro atoms. The Balaban J connectivity index is 2.03. The van der Waals surface area contributed by atoms with Gasteiger partial charge in [0.05, 0.1) is 6.10 Å². The van der Waals surface area contributed by atoms with E-state index in [0.29, 0.717) is 6.42 Å². The Morgan fingerprint density at radius 3 is 2.21 bits per heavy atom. The van der Waals surface area contributed by atoms with Crippen LogP contribution in [-0.4, -0.2) is 26.2 Å². The van der Waals surface area contributed by atoms with Crippen LogP contribution in [0.3, 0.4) is 0 Å². The van der Waals surface area contributed by atoms with E-state index < -0.39 is 16.1 Å². The third kappa shape index (κ3) is 6.28. The van der Waals surface area contributed by atoms with Gasteiger partial charge in [0.1, 0.15) is 0 Å². The molecule has 2 rings (SSSR count). The fraction of sp³-hybridized carbons (Fsp3) is 0.263. The van der Waals surface area contributed by atoms with Crippen molar-refractivity contribution in [2.45, 2.75) is 25.4 Å². The van der Waals surface area contributed by atoms with Gasteiger partial charge in [-0.1, -0.05) is 60.7 Å². The summed E-state index contributed by atoms with van der Waals surface area (Å²) in [5, 5.41) is 10.8. The molecule has 2 unspecified atom stereocenters. The molecule has 0 saturated carbocycles. The molecule has 0 fully saturated rings. The molecule has 0 aliphatic heterocycles. The van der Waals surface area contributed by atoms with E-state index in [4.69, 9.17) is 0 Å². The van der Waals surface area contributed by atoms with Gasteiger partial charge in [-0.2, -0.15) is 0 Å². The first-order chi connectivity index (χ1) is 11.5. The van der Waals surface area contributed by atoms with Crippen molar-refractivity contribution in [1.82, 2.24) is 4.72 Å². The SMILES string of the molecule is CC(O)CC(CNS(=O)(=O)/C=C/c1ccccc1)c1ccccc1. The normalized spacial score (nSPS) is 14.6. The molecule has 2 atom stereocenters. The van der Waals surface area contributed by atoms with E-state index in [2.05, 4.69) is 4.72 Å². The zero-order valence-electron chi connectivity index (χ0n) is 13.7. The van der Waals surface area contributed by atoms with Crippen molar-refractivity contribution in [3.63, 3.8) is 0 Å². The molecule has 4 nitrogen and oxygen atoms in total. The molecule has 0 aliphatic rings. The van der Waals surface area contributed by atoms with Gasteiger partial charge in [0.15, 0.2) is 0 Å². The molecule has 0 radical (unpaired) electrons. The summed E-state index contributed by atoms with van der Waals surface area (Å²) in [5.41, 5.74) is 1.83. The minimum Gasteiger partial charge on any atom is -0.393 e. The van der Waals surface area contributed by atoms with Crippen molar-refractivity contribution in [3.05, 3.63) is 77.2 Å². The van der Waals surface area contributed by atoms with E-state index in [1.807, 2.05) is 60.7 Å². The second-order valence-electron chi connectivity index (χ2n) is 5.80. The summed E-state index contributed by atoms with van der Waals surface area (Å²) in [7, 11) is -3.53. The van der Waals surface area contributed by atoms with Gasteiger partial charge in [-0.05, 0) is 36.5 Å². The standard InChI is InChI=1S/C19H23NO3S/c1-16(21)14-19(18-10-6-3-7-11-18)15-20-24(22,23)13-12-17-8-4-2-5-9-17/h2-13,16,19-21H,14-15H2,1H3/b13-12+. The van der Waals surface area contributed by atoms with E-state index >= 15 is 0 Å². The van der Waals surface area contributed by atoms with Crippen molar-refractivity contribution in [3.8, 4) is 0 Å². The predicted molar refractivity (Wildman–Crippen MR) is 97.9 cm³/mol. The van der Waals surface area contributed by atoms with Gasteiger partial charge >= 0.3 is 0 Å². The highest BCUT2D eigenvalue weighted by atomic mass is 32.2. The van der Waals surface area contributed by atoms with Gasteiger partial charge < -0.3 is 5.11 Å². The first kappa shape index (κ1) is 18.4. The first-order valence-electron chi connectivity index (χ1n) is 7.92. The number of aliphatic hydroxyl groups is 1. The third-order valence-corrected chi connectivity index (χ3v) is 4.73. The Hall–Kier alpha value is -1.95. The molecule has 0 aliphatic carbocycles. The molecule has 128 valence electrons. The zero-order valence-corrected chi connectivity index (χ0v) is 14.5. The summed E-state index contributed by atoms with van der Waals surface area (Å²) in [6, 6.07) is 18.9. The van der Waals surface area contributed by atoms with Crippen molar-refractivity contribution in [2.24, 2.45) is 0 Å². The van der Waals surface area contributed by atoms with Gasteiger partial charge in [0.2, 0.25) is 10.0 Å². The monoisotopic (exact) mass is 345 g/mol. The quantitative estimate of drug-likeness (QED) is 0.772. The van der Waals surface area contributed by atoms with Crippen molar-refractivity contribution >= 4 is 16.1 Å². The number of nitrogens with one attached hydrogen (secondary N) is 1. The summed E-state index contributed by atoms with van der Waals surface area (Å²) in [6.45, 7) is 1.95. The average Bonchev–Trinajstić information content (AvgIpc) is 2.58. The minimum absolute atomic E-state index is 0.0777. The number of aliphatic hydroxyl groups excluding tert-OH is 1. The van der Waals surface area contributed by atoms with Crippen molar-refractivity contribution < 1.29 is 13.5 Å². The van der Waals surface area contributed by atoms with Crippen LogP contribution in [0.4, 0.5) is 0 Å². The van der Waals surface area contributed by atoms with Crippen LogP contribution in [0.2, 0.25) is 0 Å². The van der Waals surface area contributed by atoms with Gasteiger partial charge in [-0.25, -0.2) is 13.1 Å². The summed E-state index contributed by atoms with van der Waals surface area (Å²) < 4.78 is 26.9. The molecule has 0 aromatic heterocycles. The second kappa shape index (κ2) is 8.78. The molecule has 0 amide bonds. The van der Waals surface area contributed by atoms with Crippen LogP contribution >= 0.6 is 0 Å². The number of hydrogen-bond acceptors (Lipinski definition) is 3. The number of rotatable bonds is 8. The van der Waals surface area contributed by atoms with Gasteiger partial charge in [0.25, 0.3) is 0 Å². The molecule has 2 aromatic rings. The topological polar surface area (TPSA) is 66.4 Å². The maximum Gasteiger partial charge on any atom is 0.233 e. The molecule has 5 heteroatoms. The van der Waals surface area contributed by atoms with Crippen LogP contribution in [0.25, 0.3) is 6.08 Å². The van der Waals surface area contributed by atoms with Gasteiger partial charge in [-0.3, -0.25) is 0 Å². The maximum atomic E-state index is 12.2. The molecule has 2 aromatic carbocycles. The molecule has 2 N–H and O–H groups in total. The van der Waals surface area contributed by atoms with Crippen molar-refractivity contribution in [1.29, 1.82) is 0 Å². The largest absolute Gasteiger partial charge is 0.393 e. The lowest BCUT2D eigenvalue weighted by molar-refractivity contribution is 0.174. The van der Waals surface area contributed by atoms with E-state index in [-0.39, 0.29) is 12.5 Å². The average molecular weight is 345 g/mol. The Morgan fingerprint density at radius 1 is 1.04 bits per heavy atom. The van der Waals surface area contributed by atoms with E-state index in [1.54, 1.807) is 13.0 Å². The second-order valence-corrected chi connectivity index (χ2v) is 7.45. The highest BCUT2D eigenvalue weighted by Gasteiger charge is 2.16. The van der Waals surface area contributed by atoms with Crippen LogP contribution < -0.4 is 4.72 Å². The number of sulfonamides is 1. The third-order valence-electron chi connectivity index (χ3n) is 3.67. The van der Waals surface area contributed by atoms with Crippen LogP contribution in [0, 0.1) is 0 Å². The van der Waals surface area contributed by atoms with Crippen LogP contribution in [0.15, 0.2) is 66.1 Å². The lowest BCUT2D eigenvalue weighted by atomic mass is 9.94. The van der Waals surface area contributed by atoms with Crippen molar-refractivity contribution in [2.75, 3.05) is 6.54 Å². The fourth-order valence-electron chi connectivity index (χ4n) is 2.47. The molecule has 0 heterocycles. The van der Waals surface area contributed by atoms with E-state index in [1.165, 1.54) is 5.41 Å². The Bertz CT molecular complexity index is 741. The fourth-order valence-corrected chi connectivity index (χ4v) is 3.34. The summed E-state index contributed by atoms with van der Waals surface area (Å²) in [6.07, 6.45) is 1.56. The number of benzene rings is 2. The number of hydrogen-bond donors (Lipinski definition) is 2. The maximum absolute atomic E-state index is 12.2. The summed E-state index contributed by atoms with van der Waals surface area (Å²) >= 11 is 0. The lowest BCUT2D eigenvalue weighted by Crippen LogP contribution is -2.28. The molecular weight excluding hydrogens is 322 g/mol. The zero-order chi connectivity index (χ0) is 17.4. The Kier molecular flexibility index (Phi) is 6.73. The van der Waals surface area contributed by atoms with Crippen LogP contribution in [0.1, 0.15) is 30.4 Å². The Morgan fingerprint density at radius 2 is 1.62 bits per heavy atom. The predicted octanol–water partition coefficient (Wildman–Crippen LogP) is 3.13.